The topological polar surface area (TPSA) is 32.3 Å². The van der Waals surface area contributed by atoms with Crippen LogP contribution in [0.25, 0.3) is 11.6 Å². The van der Waals surface area contributed by atoms with Gasteiger partial charge in [0.1, 0.15) is 0 Å². The maximum absolute atomic E-state index is 9.36. The molecule has 86 valence electrons. The van der Waals surface area contributed by atoms with Gasteiger partial charge in [0.25, 0.3) is 0 Å². The van der Waals surface area contributed by atoms with Crippen molar-refractivity contribution in [3.63, 3.8) is 0 Å². The number of aliphatic hydroxyl groups is 1. The lowest BCUT2D eigenvalue weighted by Gasteiger charge is -2.24. The fraction of sp³-hybridized carbons (Fsp3) is 0.200. The lowest BCUT2D eigenvalue weighted by Crippen LogP contribution is -2.32. The molecule has 0 fully saturated rings. The third-order valence-corrected chi connectivity index (χ3v) is 3.49. The Hall–Kier alpha value is -1.64. The van der Waals surface area contributed by atoms with Gasteiger partial charge >= 0.3 is 0 Å². The van der Waals surface area contributed by atoms with Crippen molar-refractivity contribution in [2.75, 3.05) is 13.7 Å². The molecule has 1 aromatic rings. The lowest BCUT2D eigenvalue weighted by atomic mass is 9.88. The van der Waals surface area contributed by atoms with Gasteiger partial charge in [-0.1, -0.05) is 36.4 Å². The van der Waals surface area contributed by atoms with Crippen LogP contribution in [0.3, 0.4) is 0 Å². The van der Waals surface area contributed by atoms with Gasteiger partial charge in [0, 0.05) is 0 Å². The van der Waals surface area contributed by atoms with Crippen LogP contribution in [0.1, 0.15) is 11.1 Å². The second kappa shape index (κ2) is 3.99. The zero-order valence-corrected chi connectivity index (χ0v) is 9.77. The molecule has 0 aromatic heterocycles. The fourth-order valence-corrected chi connectivity index (χ4v) is 2.66. The number of aliphatic hydroxyl groups excluding tert-OH is 1. The molecule has 17 heavy (non-hydrogen) atoms. The first kappa shape index (κ1) is 10.5. The molecule has 1 unspecified atom stereocenters. The fourth-order valence-electron chi connectivity index (χ4n) is 2.66. The van der Waals surface area contributed by atoms with Crippen LogP contribution in [-0.2, 0) is 0 Å². The summed E-state index contributed by atoms with van der Waals surface area (Å²) in [5.41, 5.74) is 6.12. The summed E-state index contributed by atoms with van der Waals surface area (Å²) in [6.45, 7) is 0.100. The van der Waals surface area contributed by atoms with Crippen molar-refractivity contribution in [2.24, 2.45) is 0 Å². The molecule has 0 radical (unpaired) electrons. The van der Waals surface area contributed by atoms with Crippen LogP contribution in [0.15, 0.2) is 47.6 Å². The Morgan fingerprint density at radius 1 is 1.24 bits per heavy atom. The number of hydrogen-bond donors (Lipinski definition) is 2. The van der Waals surface area contributed by atoms with Crippen molar-refractivity contribution >= 4 is 11.6 Å². The molecule has 0 saturated carbocycles. The van der Waals surface area contributed by atoms with Gasteiger partial charge in [0.15, 0.2) is 0 Å². The molecular weight excluding hydrogens is 210 g/mol. The second-order valence-corrected chi connectivity index (χ2v) is 4.39. The standard InChI is InChI=1S/C15H15NO/c1-16-15-11(9-17)6-7-13-12-5-3-2-4-10(12)8-14(13)15/h2-8,15-17H,9H2,1H3. The zero-order valence-electron chi connectivity index (χ0n) is 9.77. The Morgan fingerprint density at radius 2 is 2.06 bits per heavy atom. The van der Waals surface area contributed by atoms with E-state index in [-0.39, 0.29) is 12.6 Å². The van der Waals surface area contributed by atoms with Crippen LogP contribution in [0.2, 0.25) is 0 Å². The summed E-state index contributed by atoms with van der Waals surface area (Å²) in [5.74, 6) is 0. The van der Waals surface area contributed by atoms with Crippen molar-refractivity contribution in [1.82, 2.24) is 5.32 Å². The Bertz CT molecular complexity index is 552. The van der Waals surface area contributed by atoms with Gasteiger partial charge in [-0.15, -0.1) is 0 Å². The minimum absolute atomic E-state index is 0.100. The van der Waals surface area contributed by atoms with E-state index in [4.69, 9.17) is 0 Å². The number of likely N-dealkylation sites (N-methyl/N-ethyl adjacent to an activating group) is 1. The molecule has 2 aliphatic carbocycles. The van der Waals surface area contributed by atoms with E-state index in [1.807, 2.05) is 13.1 Å². The highest BCUT2D eigenvalue weighted by molar-refractivity contribution is 5.97. The van der Waals surface area contributed by atoms with Gasteiger partial charge in [-0.05, 0) is 41.0 Å². The Labute approximate surface area is 101 Å². The molecule has 0 spiro atoms. The summed E-state index contributed by atoms with van der Waals surface area (Å²) in [6, 6.07) is 8.54. The van der Waals surface area contributed by atoms with Crippen LogP contribution in [0.5, 0.6) is 0 Å². The molecule has 2 nitrogen and oxygen atoms in total. The summed E-state index contributed by atoms with van der Waals surface area (Å²) >= 11 is 0. The van der Waals surface area contributed by atoms with Crippen molar-refractivity contribution in [3.05, 3.63) is 58.7 Å². The third kappa shape index (κ3) is 1.49. The van der Waals surface area contributed by atoms with Gasteiger partial charge in [0.05, 0.1) is 12.6 Å². The molecule has 3 rings (SSSR count). The Morgan fingerprint density at radius 3 is 2.82 bits per heavy atom. The highest BCUT2D eigenvalue weighted by Gasteiger charge is 2.28. The van der Waals surface area contributed by atoms with Crippen LogP contribution < -0.4 is 5.32 Å². The van der Waals surface area contributed by atoms with Gasteiger partial charge in [-0.25, -0.2) is 0 Å². The maximum atomic E-state index is 9.36. The summed E-state index contributed by atoms with van der Waals surface area (Å²) in [6.07, 6.45) is 6.35. The molecule has 0 heterocycles. The maximum Gasteiger partial charge on any atom is 0.0663 e. The number of benzene rings is 1. The largest absolute Gasteiger partial charge is 0.392 e. The molecule has 1 aromatic carbocycles. The number of hydrogen-bond acceptors (Lipinski definition) is 2. The number of allylic oxidation sites excluding steroid dienone is 2. The summed E-state index contributed by atoms with van der Waals surface area (Å²) < 4.78 is 0. The van der Waals surface area contributed by atoms with Gasteiger partial charge in [-0.2, -0.15) is 0 Å². The SMILES string of the molecule is CNC1C(CO)=CC=C2C1=Cc1ccccc12. The lowest BCUT2D eigenvalue weighted by molar-refractivity contribution is 0.322. The Kier molecular flexibility index (Phi) is 2.46. The van der Waals surface area contributed by atoms with E-state index < -0.39 is 0 Å². The van der Waals surface area contributed by atoms with Crippen LogP contribution in [-0.4, -0.2) is 24.8 Å². The van der Waals surface area contributed by atoms with Crippen molar-refractivity contribution in [3.8, 4) is 0 Å². The number of fused-ring (bicyclic) bond motifs is 3. The van der Waals surface area contributed by atoms with Crippen LogP contribution in [0.4, 0.5) is 0 Å². The third-order valence-electron chi connectivity index (χ3n) is 3.49. The van der Waals surface area contributed by atoms with E-state index in [2.05, 4.69) is 41.7 Å². The highest BCUT2D eigenvalue weighted by atomic mass is 16.3. The minimum Gasteiger partial charge on any atom is -0.392 e. The van der Waals surface area contributed by atoms with E-state index in [0.29, 0.717) is 0 Å². The summed E-state index contributed by atoms with van der Waals surface area (Å²) in [4.78, 5) is 0. The monoisotopic (exact) mass is 225 g/mol. The van der Waals surface area contributed by atoms with E-state index in [0.717, 1.165) is 5.57 Å². The van der Waals surface area contributed by atoms with Gasteiger partial charge in [-0.3, -0.25) is 0 Å². The average Bonchev–Trinajstić information content (AvgIpc) is 2.75. The van der Waals surface area contributed by atoms with Crippen LogP contribution in [0, 0.1) is 0 Å². The first-order chi connectivity index (χ1) is 8.35. The molecule has 2 aliphatic rings. The first-order valence-electron chi connectivity index (χ1n) is 5.85. The number of rotatable bonds is 2. The molecule has 0 aliphatic heterocycles. The molecule has 0 saturated heterocycles. The van der Waals surface area contributed by atoms with Gasteiger partial charge < -0.3 is 10.4 Å². The predicted octanol–water partition coefficient (Wildman–Crippen LogP) is 1.99. The van der Waals surface area contributed by atoms with E-state index >= 15 is 0 Å². The van der Waals surface area contributed by atoms with Gasteiger partial charge in [0.2, 0.25) is 0 Å². The number of nitrogens with one attached hydrogen (secondary N) is 1. The molecule has 1 atom stereocenters. The van der Waals surface area contributed by atoms with Crippen molar-refractivity contribution in [2.45, 2.75) is 6.04 Å². The summed E-state index contributed by atoms with van der Waals surface area (Å²) in [7, 11) is 1.93. The van der Waals surface area contributed by atoms with Crippen LogP contribution >= 0.6 is 0 Å². The molecule has 0 bridgehead atoms. The first-order valence-corrected chi connectivity index (χ1v) is 5.85. The second-order valence-electron chi connectivity index (χ2n) is 4.39. The molecule has 2 N–H and O–H groups in total. The minimum atomic E-state index is 0.100. The molecule has 0 amide bonds. The smallest absolute Gasteiger partial charge is 0.0663 e. The highest BCUT2D eigenvalue weighted by Crippen LogP contribution is 2.40. The quantitative estimate of drug-likeness (QED) is 0.806. The molecular formula is C15H15NO. The van der Waals surface area contributed by atoms with Crippen molar-refractivity contribution in [1.29, 1.82) is 0 Å². The zero-order chi connectivity index (χ0) is 11.8. The predicted molar refractivity (Wildman–Crippen MR) is 70.4 cm³/mol. The summed E-state index contributed by atoms with van der Waals surface area (Å²) in [5, 5.41) is 12.6. The van der Waals surface area contributed by atoms with E-state index in [1.54, 1.807) is 0 Å². The Balaban J connectivity index is 2.13. The normalized spacial score (nSPS) is 21.3. The van der Waals surface area contributed by atoms with E-state index in [1.165, 1.54) is 22.3 Å². The van der Waals surface area contributed by atoms with Crippen molar-refractivity contribution < 1.29 is 5.11 Å². The van der Waals surface area contributed by atoms with E-state index in [9.17, 15) is 5.11 Å². The molecule has 2 heteroatoms. The average molecular weight is 225 g/mol.